The maximum absolute atomic E-state index is 13.5. The Kier molecular flexibility index (Phi) is 4.56. The van der Waals surface area contributed by atoms with Gasteiger partial charge in [-0.15, -0.1) is 0 Å². The van der Waals surface area contributed by atoms with Crippen LogP contribution in [0, 0.1) is 18.8 Å². The second-order valence-corrected chi connectivity index (χ2v) is 7.83. The quantitative estimate of drug-likeness (QED) is 0.751. The lowest BCUT2D eigenvalue weighted by Crippen LogP contribution is -2.35. The number of nitrogens with one attached hydrogen (secondary N) is 1. The Morgan fingerprint density at radius 1 is 1.10 bits per heavy atom. The smallest absolute Gasteiger partial charge is 0.257 e. The topological polar surface area (TPSA) is 71.0 Å². The van der Waals surface area contributed by atoms with Gasteiger partial charge in [0, 0.05) is 49.7 Å². The number of hydrogen-bond acceptors (Lipinski definition) is 5. The Hall–Kier alpha value is -3.12. The number of fused-ring (bicyclic) bond motifs is 1. The van der Waals surface area contributed by atoms with Gasteiger partial charge in [0.2, 0.25) is 0 Å². The van der Waals surface area contributed by atoms with Crippen molar-refractivity contribution < 1.29 is 4.79 Å². The molecule has 2 aliphatic heterocycles. The van der Waals surface area contributed by atoms with Crippen LogP contribution in [-0.4, -0.2) is 45.4 Å². The van der Waals surface area contributed by atoms with Crippen molar-refractivity contribution in [2.24, 2.45) is 11.8 Å². The minimum Gasteiger partial charge on any atom is -0.331 e. The third-order valence-corrected chi connectivity index (χ3v) is 6.10. The van der Waals surface area contributed by atoms with Crippen molar-refractivity contribution in [1.29, 1.82) is 0 Å². The number of hydrogen-bond donors (Lipinski definition) is 1. The molecule has 0 aliphatic carbocycles. The van der Waals surface area contributed by atoms with Crippen LogP contribution in [0.4, 0.5) is 0 Å². The highest BCUT2D eigenvalue weighted by atomic mass is 16.2. The molecule has 1 amide bonds. The second kappa shape index (κ2) is 7.37. The van der Waals surface area contributed by atoms with E-state index in [2.05, 4.69) is 32.4 Å². The number of carbonyl (C=O) groups excluding carboxylic acids is 1. The number of amides is 1. The first-order chi connectivity index (χ1) is 14.2. The van der Waals surface area contributed by atoms with E-state index >= 15 is 0 Å². The molecule has 2 fully saturated rings. The average Bonchev–Trinajstić information content (AvgIpc) is 3.36. The Bertz CT molecular complexity index is 1020. The first-order valence-corrected chi connectivity index (χ1v) is 10.0. The van der Waals surface area contributed by atoms with E-state index in [-0.39, 0.29) is 11.9 Å². The molecular formula is C23H23N5O. The molecule has 5 rings (SSSR count). The van der Waals surface area contributed by atoms with Crippen LogP contribution in [0.1, 0.15) is 27.7 Å². The number of aryl methyl sites for hydroxylation is 1. The number of pyridine rings is 1. The molecule has 0 saturated carbocycles. The molecule has 0 radical (unpaired) electrons. The average molecular weight is 385 g/mol. The summed E-state index contributed by atoms with van der Waals surface area (Å²) in [5, 5.41) is 3.49. The van der Waals surface area contributed by atoms with Gasteiger partial charge in [-0.3, -0.25) is 9.78 Å². The van der Waals surface area contributed by atoms with Gasteiger partial charge in [-0.1, -0.05) is 30.3 Å². The molecule has 2 saturated heterocycles. The van der Waals surface area contributed by atoms with E-state index in [0.29, 0.717) is 28.9 Å². The fourth-order valence-corrected chi connectivity index (χ4v) is 4.67. The molecule has 2 aliphatic rings. The number of nitrogens with zero attached hydrogens (tertiary/aromatic N) is 4. The third kappa shape index (κ3) is 3.19. The highest BCUT2D eigenvalue weighted by Gasteiger charge is 2.47. The monoisotopic (exact) mass is 385 g/mol. The highest BCUT2D eigenvalue weighted by Crippen LogP contribution is 2.43. The van der Waals surface area contributed by atoms with E-state index < -0.39 is 0 Å². The van der Waals surface area contributed by atoms with Crippen LogP contribution in [0.3, 0.4) is 0 Å². The number of rotatable bonds is 3. The molecule has 3 aromatic rings. The van der Waals surface area contributed by atoms with Crippen molar-refractivity contribution in [3.63, 3.8) is 0 Å². The predicted octanol–water partition coefficient (Wildman–Crippen LogP) is 2.88. The Morgan fingerprint density at radius 3 is 2.72 bits per heavy atom. The third-order valence-electron chi connectivity index (χ3n) is 6.10. The van der Waals surface area contributed by atoms with E-state index in [1.807, 2.05) is 42.2 Å². The molecule has 0 unspecified atom stereocenters. The van der Waals surface area contributed by atoms with Gasteiger partial charge in [0.1, 0.15) is 0 Å². The summed E-state index contributed by atoms with van der Waals surface area (Å²) < 4.78 is 0. The molecule has 146 valence electrons. The minimum absolute atomic E-state index is 0.0171. The molecule has 1 N–H and O–H groups in total. The van der Waals surface area contributed by atoms with Gasteiger partial charge in [-0.2, -0.15) is 0 Å². The molecule has 3 atom stereocenters. The largest absolute Gasteiger partial charge is 0.331 e. The lowest BCUT2D eigenvalue weighted by molar-refractivity contribution is 0.0712. The van der Waals surface area contributed by atoms with Crippen LogP contribution in [0.2, 0.25) is 0 Å². The summed E-state index contributed by atoms with van der Waals surface area (Å²) in [7, 11) is 0. The van der Waals surface area contributed by atoms with Crippen molar-refractivity contribution in [2.75, 3.05) is 19.6 Å². The number of aromatic nitrogens is 3. The summed E-state index contributed by atoms with van der Waals surface area (Å²) in [6.07, 6.45) is 5.12. The lowest BCUT2D eigenvalue weighted by atomic mass is 9.89. The molecule has 1 aromatic carbocycles. The fourth-order valence-electron chi connectivity index (χ4n) is 4.67. The molecule has 0 bridgehead atoms. The van der Waals surface area contributed by atoms with Crippen molar-refractivity contribution >= 4 is 5.91 Å². The lowest BCUT2D eigenvalue weighted by Gasteiger charge is -2.28. The minimum atomic E-state index is 0.0171. The van der Waals surface area contributed by atoms with Gasteiger partial charge >= 0.3 is 0 Å². The van der Waals surface area contributed by atoms with Crippen molar-refractivity contribution in [1.82, 2.24) is 25.2 Å². The highest BCUT2D eigenvalue weighted by molar-refractivity contribution is 5.95. The molecule has 6 heteroatoms. The van der Waals surface area contributed by atoms with E-state index in [4.69, 9.17) is 0 Å². The molecule has 0 spiro atoms. The Balaban J connectivity index is 1.48. The SMILES string of the molecule is Cc1nc(-c2cccnc2)ncc1C(=O)N1C[C@@H]2CNC[C@@H]2[C@@H]1c1ccccc1. The van der Waals surface area contributed by atoms with Gasteiger partial charge < -0.3 is 10.2 Å². The van der Waals surface area contributed by atoms with Crippen LogP contribution >= 0.6 is 0 Å². The van der Waals surface area contributed by atoms with Crippen LogP contribution in [0.25, 0.3) is 11.4 Å². The van der Waals surface area contributed by atoms with E-state index in [1.54, 1.807) is 18.6 Å². The number of carbonyl (C=O) groups is 1. The van der Waals surface area contributed by atoms with Gasteiger partial charge in [-0.25, -0.2) is 9.97 Å². The van der Waals surface area contributed by atoms with Crippen molar-refractivity contribution in [2.45, 2.75) is 13.0 Å². The first kappa shape index (κ1) is 17.9. The zero-order valence-electron chi connectivity index (χ0n) is 16.3. The van der Waals surface area contributed by atoms with Gasteiger partial charge in [0.15, 0.2) is 5.82 Å². The first-order valence-electron chi connectivity index (χ1n) is 10.0. The van der Waals surface area contributed by atoms with E-state index in [0.717, 1.165) is 25.2 Å². The maximum atomic E-state index is 13.5. The summed E-state index contributed by atoms with van der Waals surface area (Å²) in [4.78, 5) is 28.8. The number of benzene rings is 1. The van der Waals surface area contributed by atoms with Crippen LogP contribution in [-0.2, 0) is 0 Å². The van der Waals surface area contributed by atoms with Gasteiger partial charge in [0.25, 0.3) is 5.91 Å². The van der Waals surface area contributed by atoms with Gasteiger partial charge in [0.05, 0.1) is 17.3 Å². The van der Waals surface area contributed by atoms with Crippen LogP contribution in [0.15, 0.2) is 61.1 Å². The molecular weight excluding hydrogens is 362 g/mol. The summed E-state index contributed by atoms with van der Waals surface area (Å²) in [5.41, 5.74) is 3.32. The Morgan fingerprint density at radius 2 is 1.97 bits per heavy atom. The van der Waals surface area contributed by atoms with Gasteiger partial charge in [-0.05, 0) is 30.5 Å². The summed E-state index contributed by atoms with van der Waals surface area (Å²) >= 11 is 0. The van der Waals surface area contributed by atoms with E-state index in [1.165, 1.54) is 5.56 Å². The summed E-state index contributed by atoms with van der Waals surface area (Å²) in [6, 6.07) is 14.2. The zero-order chi connectivity index (χ0) is 19.8. The predicted molar refractivity (Wildman–Crippen MR) is 110 cm³/mol. The summed E-state index contributed by atoms with van der Waals surface area (Å²) in [6.45, 7) is 4.56. The zero-order valence-corrected chi connectivity index (χ0v) is 16.3. The fraction of sp³-hybridized carbons (Fsp3) is 0.304. The summed E-state index contributed by atoms with van der Waals surface area (Å²) in [5.74, 6) is 1.54. The van der Waals surface area contributed by atoms with Crippen LogP contribution < -0.4 is 5.32 Å². The maximum Gasteiger partial charge on any atom is 0.257 e. The van der Waals surface area contributed by atoms with Crippen molar-refractivity contribution in [3.05, 3.63) is 77.9 Å². The standard InChI is InChI=1S/C23H23N5O/c1-15-19(13-26-22(27-15)17-8-5-9-24-10-17)23(29)28-14-18-11-25-12-20(18)21(28)16-6-3-2-4-7-16/h2-10,13,18,20-21,25H,11-12,14H2,1H3/t18-,20-,21-/m0/s1. The van der Waals surface area contributed by atoms with E-state index in [9.17, 15) is 4.79 Å². The molecule has 4 heterocycles. The normalized spacial score (nSPS) is 23.2. The van der Waals surface area contributed by atoms with Crippen LogP contribution in [0.5, 0.6) is 0 Å². The number of likely N-dealkylation sites (tertiary alicyclic amines) is 1. The molecule has 29 heavy (non-hydrogen) atoms. The molecule has 2 aromatic heterocycles. The Labute approximate surface area is 170 Å². The molecule has 6 nitrogen and oxygen atoms in total. The second-order valence-electron chi connectivity index (χ2n) is 7.83. The van der Waals surface area contributed by atoms with Crippen molar-refractivity contribution in [3.8, 4) is 11.4 Å².